The van der Waals surface area contributed by atoms with E-state index in [0.29, 0.717) is 0 Å². The molecule has 2 unspecified atom stereocenters. The highest BCUT2D eigenvalue weighted by atomic mass is 79.9. The van der Waals surface area contributed by atoms with Crippen molar-refractivity contribution in [1.82, 2.24) is 5.32 Å². The van der Waals surface area contributed by atoms with Crippen LogP contribution in [0.2, 0.25) is 0 Å². The minimum Gasteiger partial charge on any atom is -0.379 e. The maximum absolute atomic E-state index is 6.14. The average molecular weight is 314 g/mol. The quantitative estimate of drug-likeness (QED) is 0.876. The van der Waals surface area contributed by atoms with Crippen molar-refractivity contribution in [1.29, 1.82) is 0 Å². The first-order chi connectivity index (χ1) is 8.79. The van der Waals surface area contributed by atoms with Crippen molar-refractivity contribution in [2.75, 3.05) is 26.3 Å². The predicted octanol–water partition coefficient (Wildman–Crippen LogP) is 2.91. The van der Waals surface area contributed by atoms with E-state index in [2.05, 4.69) is 52.4 Å². The van der Waals surface area contributed by atoms with Crippen LogP contribution in [0, 0.1) is 0 Å². The normalized spacial score (nSPS) is 21.1. The molecule has 0 aliphatic carbocycles. The number of ether oxygens (including phenoxy) is 2. The first kappa shape index (κ1) is 14.0. The lowest BCUT2D eigenvalue weighted by Crippen LogP contribution is -2.27. The Kier molecular flexibility index (Phi) is 5.63. The van der Waals surface area contributed by atoms with Crippen LogP contribution in [0.1, 0.15) is 25.0 Å². The van der Waals surface area contributed by atoms with Gasteiger partial charge < -0.3 is 14.8 Å². The second-order valence-electron chi connectivity index (χ2n) is 4.47. The van der Waals surface area contributed by atoms with Crippen molar-refractivity contribution < 1.29 is 9.47 Å². The van der Waals surface area contributed by atoms with Gasteiger partial charge in [0.15, 0.2) is 0 Å². The Morgan fingerprint density at radius 3 is 2.83 bits per heavy atom. The number of hydrogen-bond acceptors (Lipinski definition) is 3. The van der Waals surface area contributed by atoms with Crippen LogP contribution in [0.25, 0.3) is 0 Å². The van der Waals surface area contributed by atoms with E-state index in [9.17, 15) is 0 Å². The smallest absolute Gasteiger partial charge is 0.0954 e. The largest absolute Gasteiger partial charge is 0.379 e. The Morgan fingerprint density at radius 1 is 1.44 bits per heavy atom. The van der Waals surface area contributed by atoms with Crippen molar-refractivity contribution >= 4 is 15.9 Å². The number of nitrogens with one attached hydrogen (secondary N) is 1. The Morgan fingerprint density at radius 2 is 2.22 bits per heavy atom. The predicted molar refractivity (Wildman–Crippen MR) is 75.7 cm³/mol. The van der Waals surface area contributed by atoms with Crippen molar-refractivity contribution in [3.63, 3.8) is 0 Å². The van der Waals surface area contributed by atoms with Crippen LogP contribution in [0.5, 0.6) is 0 Å². The maximum Gasteiger partial charge on any atom is 0.0954 e. The van der Waals surface area contributed by atoms with Gasteiger partial charge in [0.2, 0.25) is 0 Å². The number of hydrogen-bond donors (Lipinski definition) is 1. The molecule has 1 saturated heterocycles. The van der Waals surface area contributed by atoms with E-state index in [1.165, 1.54) is 5.56 Å². The van der Waals surface area contributed by atoms with Gasteiger partial charge in [-0.3, -0.25) is 0 Å². The van der Waals surface area contributed by atoms with E-state index in [1.807, 2.05) is 0 Å². The van der Waals surface area contributed by atoms with Crippen molar-refractivity contribution in [2.24, 2.45) is 0 Å². The molecule has 0 aromatic heterocycles. The third kappa shape index (κ3) is 4.05. The zero-order valence-corrected chi connectivity index (χ0v) is 12.3. The van der Waals surface area contributed by atoms with Crippen molar-refractivity contribution in [3.8, 4) is 0 Å². The summed E-state index contributed by atoms with van der Waals surface area (Å²) >= 11 is 3.46. The fourth-order valence-electron chi connectivity index (χ4n) is 2.05. The first-order valence-corrected chi connectivity index (χ1v) is 7.28. The van der Waals surface area contributed by atoms with Gasteiger partial charge in [0.1, 0.15) is 0 Å². The van der Waals surface area contributed by atoms with Gasteiger partial charge >= 0.3 is 0 Å². The molecule has 2 rings (SSSR count). The molecular formula is C14H20BrNO2. The van der Waals surface area contributed by atoms with Gasteiger partial charge in [0.25, 0.3) is 0 Å². The fraction of sp³-hybridized carbons (Fsp3) is 0.571. The second kappa shape index (κ2) is 7.24. The topological polar surface area (TPSA) is 30.5 Å². The minimum absolute atomic E-state index is 0.102. The van der Waals surface area contributed by atoms with Crippen LogP contribution in [0.3, 0.4) is 0 Å². The van der Waals surface area contributed by atoms with E-state index in [1.54, 1.807) is 0 Å². The van der Waals surface area contributed by atoms with Gasteiger partial charge in [-0.05, 0) is 30.7 Å². The van der Waals surface area contributed by atoms with Crippen molar-refractivity contribution in [3.05, 3.63) is 34.3 Å². The molecule has 1 N–H and O–H groups in total. The summed E-state index contributed by atoms with van der Waals surface area (Å²) in [6.07, 6.45) is 1.33. The Labute approximate surface area is 117 Å². The Bertz CT molecular complexity index is 349. The maximum atomic E-state index is 6.14. The highest BCUT2D eigenvalue weighted by Gasteiger charge is 2.21. The van der Waals surface area contributed by atoms with Gasteiger partial charge in [-0.2, -0.15) is 0 Å². The number of halogens is 1. The lowest BCUT2D eigenvalue weighted by Gasteiger charge is -2.22. The SMILES string of the molecule is CCNCC(OC1CCOC1)c1ccc(Br)cc1. The van der Waals surface area contributed by atoms with E-state index in [-0.39, 0.29) is 12.2 Å². The minimum atomic E-state index is 0.102. The third-order valence-corrected chi connectivity index (χ3v) is 3.59. The van der Waals surface area contributed by atoms with E-state index in [4.69, 9.17) is 9.47 Å². The molecule has 3 nitrogen and oxygen atoms in total. The van der Waals surface area contributed by atoms with Crippen LogP contribution in [-0.4, -0.2) is 32.4 Å². The number of rotatable bonds is 6. The van der Waals surface area contributed by atoms with Gasteiger partial charge in [-0.1, -0.05) is 35.0 Å². The number of benzene rings is 1. The molecule has 4 heteroatoms. The summed E-state index contributed by atoms with van der Waals surface area (Å²) in [5.74, 6) is 0. The molecule has 0 bridgehead atoms. The van der Waals surface area contributed by atoms with Crippen LogP contribution >= 0.6 is 15.9 Å². The Balaban J connectivity index is 2.00. The lowest BCUT2D eigenvalue weighted by atomic mass is 10.1. The molecule has 1 aromatic rings. The lowest BCUT2D eigenvalue weighted by molar-refractivity contribution is -0.0162. The second-order valence-corrected chi connectivity index (χ2v) is 5.39. The van der Waals surface area contributed by atoms with Gasteiger partial charge in [-0.15, -0.1) is 0 Å². The highest BCUT2D eigenvalue weighted by molar-refractivity contribution is 9.10. The molecule has 0 radical (unpaired) electrons. The summed E-state index contributed by atoms with van der Waals surface area (Å²) < 4.78 is 12.6. The van der Waals surface area contributed by atoms with Crippen LogP contribution in [0.4, 0.5) is 0 Å². The molecule has 1 aliphatic heterocycles. The van der Waals surface area contributed by atoms with Gasteiger partial charge in [0.05, 0.1) is 18.8 Å². The molecule has 1 aromatic carbocycles. The molecule has 0 spiro atoms. The average Bonchev–Trinajstić information content (AvgIpc) is 2.88. The third-order valence-electron chi connectivity index (χ3n) is 3.07. The van der Waals surface area contributed by atoms with Crippen molar-refractivity contribution in [2.45, 2.75) is 25.6 Å². The van der Waals surface area contributed by atoms with Crippen LogP contribution in [-0.2, 0) is 9.47 Å². The molecular weight excluding hydrogens is 294 g/mol. The zero-order valence-electron chi connectivity index (χ0n) is 10.7. The summed E-state index contributed by atoms with van der Waals surface area (Å²) in [6.45, 7) is 5.45. The molecule has 1 heterocycles. The highest BCUT2D eigenvalue weighted by Crippen LogP contribution is 2.23. The summed E-state index contributed by atoms with van der Waals surface area (Å²) in [7, 11) is 0. The molecule has 0 saturated carbocycles. The van der Waals surface area contributed by atoms with E-state index < -0.39 is 0 Å². The Hall–Kier alpha value is -0.420. The summed E-state index contributed by atoms with van der Waals surface area (Å²) in [6, 6.07) is 8.34. The monoisotopic (exact) mass is 313 g/mol. The van der Waals surface area contributed by atoms with Crippen LogP contribution in [0.15, 0.2) is 28.7 Å². The van der Waals surface area contributed by atoms with Gasteiger partial charge in [-0.25, -0.2) is 0 Å². The molecule has 0 amide bonds. The standard InChI is InChI=1S/C14H20BrNO2/c1-2-16-9-14(18-13-7-8-17-10-13)11-3-5-12(15)6-4-11/h3-6,13-14,16H,2,7-10H2,1H3. The molecule has 18 heavy (non-hydrogen) atoms. The first-order valence-electron chi connectivity index (χ1n) is 6.49. The van der Waals surface area contributed by atoms with Crippen LogP contribution < -0.4 is 5.32 Å². The van der Waals surface area contributed by atoms with E-state index >= 15 is 0 Å². The van der Waals surface area contributed by atoms with E-state index in [0.717, 1.165) is 37.2 Å². The zero-order chi connectivity index (χ0) is 12.8. The molecule has 2 atom stereocenters. The number of likely N-dealkylation sites (N-methyl/N-ethyl adjacent to an activating group) is 1. The summed E-state index contributed by atoms with van der Waals surface area (Å²) in [5.41, 5.74) is 1.21. The summed E-state index contributed by atoms with van der Waals surface area (Å²) in [4.78, 5) is 0. The van der Waals surface area contributed by atoms with Gasteiger partial charge in [0, 0.05) is 17.6 Å². The molecule has 1 aliphatic rings. The molecule has 1 fully saturated rings. The fourth-order valence-corrected chi connectivity index (χ4v) is 2.31. The molecule has 100 valence electrons. The summed E-state index contributed by atoms with van der Waals surface area (Å²) in [5, 5.41) is 3.36.